The number of halogens is 1. The largest absolute Gasteiger partial charge is 0.497 e. The number of likely N-dealkylation sites (N-methyl/N-ethyl adjacent to an activating group) is 1. The van der Waals surface area contributed by atoms with Crippen molar-refractivity contribution >= 4 is 17.5 Å². The van der Waals surface area contributed by atoms with Crippen molar-refractivity contribution in [3.8, 4) is 11.5 Å². The molecule has 5 nitrogen and oxygen atoms in total. The van der Waals surface area contributed by atoms with Crippen molar-refractivity contribution in [1.29, 1.82) is 0 Å². The quantitative estimate of drug-likeness (QED) is 0.766. The van der Waals surface area contributed by atoms with E-state index in [2.05, 4.69) is 5.32 Å². The van der Waals surface area contributed by atoms with Gasteiger partial charge < -0.3 is 14.8 Å². The van der Waals surface area contributed by atoms with Crippen molar-refractivity contribution in [2.75, 3.05) is 21.3 Å². The molecule has 1 N–H and O–H groups in total. The minimum absolute atomic E-state index is 0.0377. The maximum absolute atomic E-state index is 12.5. The monoisotopic (exact) mass is 376 g/mol. The SMILES string of the molecule is COc1ccc(CNC(=O)[C@@H](C)N(C)Cc2cc(Cl)ccc2OC)cc1. The molecule has 0 bridgehead atoms. The van der Waals surface area contributed by atoms with Crippen LogP contribution >= 0.6 is 11.6 Å². The molecule has 0 spiro atoms. The molecule has 0 heterocycles. The molecule has 0 saturated carbocycles. The Labute approximate surface area is 159 Å². The summed E-state index contributed by atoms with van der Waals surface area (Å²) < 4.78 is 10.5. The summed E-state index contributed by atoms with van der Waals surface area (Å²) in [6.45, 7) is 2.91. The summed E-state index contributed by atoms with van der Waals surface area (Å²) in [7, 11) is 5.15. The maximum Gasteiger partial charge on any atom is 0.237 e. The molecule has 0 aromatic heterocycles. The van der Waals surface area contributed by atoms with Crippen molar-refractivity contribution in [3.05, 3.63) is 58.6 Å². The van der Waals surface area contributed by atoms with Gasteiger partial charge in [-0.15, -0.1) is 0 Å². The molecular weight excluding hydrogens is 352 g/mol. The molecule has 2 aromatic carbocycles. The first kappa shape index (κ1) is 20.1. The van der Waals surface area contributed by atoms with E-state index >= 15 is 0 Å². The third-order valence-electron chi connectivity index (χ3n) is 4.33. The highest BCUT2D eigenvalue weighted by atomic mass is 35.5. The molecule has 1 amide bonds. The molecule has 0 aliphatic rings. The average molecular weight is 377 g/mol. The first-order valence-electron chi connectivity index (χ1n) is 8.38. The second-order valence-electron chi connectivity index (χ2n) is 6.11. The summed E-state index contributed by atoms with van der Waals surface area (Å²) in [6, 6.07) is 12.8. The Bertz CT molecular complexity index is 734. The highest BCUT2D eigenvalue weighted by Gasteiger charge is 2.19. The molecule has 6 heteroatoms. The van der Waals surface area contributed by atoms with Gasteiger partial charge in [0.25, 0.3) is 0 Å². The van der Waals surface area contributed by atoms with E-state index in [0.717, 1.165) is 22.6 Å². The molecule has 140 valence electrons. The maximum atomic E-state index is 12.5. The summed E-state index contributed by atoms with van der Waals surface area (Å²) in [5.74, 6) is 1.51. The lowest BCUT2D eigenvalue weighted by molar-refractivity contribution is -0.125. The minimum atomic E-state index is -0.295. The molecular formula is C20H25ClN2O3. The lowest BCUT2D eigenvalue weighted by atomic mass is 10.1. The van der Waals surface area contributed by atoms with Crippen molar-refractivity contribution in [3.63, 3.8) is 0 Å². The summed E-state index contributed by atoms with van der Waals surface area (Å²) in [4.78, 5) is 14.4. The van der Waals surface area contributed by atoms with Crippen LogP contribution in [0, 0.1) is 0 Å². The standard InChI is InChI=1S/C20H25ClN2O3/c1-14(20(24)22-12-15-5-8-18(25-3)9-6-15)23(2)13-16-11-17(21)7-10-19(16)26-4/h5-11,14H,12-13H2,1-4H3,(H,22,24)/t14-/m1/s1. The predicted octanol–water partition coefficient (Wildman–Crippen LogP) is 3.49. The molecule has 0 unspecified atom stereocenters. The molecule has 0 aliphatic carbocycles. The van der Waals surface area contributed by atoms with Gasteiger partial charge in [0.05, 0.1) is 20.3 Å². The number of amides is 1. The Balaban J connectivity index is 1.93. The number of nitrogens with zero attached hydrogens (tertiary/aromatic N) is 1. The van der Waals surface area contributed by atoms with Crippen molar-refractivity contribution in [1.82, 2.24) is 10.2 Å². The van der Waals surface area contributed by atoms with Crippen LogP contribution in [0.1, 0.15) is 18.1 Å². The van der Waals surface area contributed by atoms with Gasteiger partial charge in [0.2, 0.25) is 5.91 Å². The third kappa shape index (κ3) is 5.38. The number of carbonyl (C=O) groups excluding carboxylic acids is 1. The number of benzene rings is 2. The highest BCUT2D eigenvalue weighted by Crippen LogP contribution is 2.24. The lowest BCUT2D eigenvalue weighted by Crippen LogP contribution is -2.42. The zero-order valence-corrected chi connectivity index (χ0v) is 16.3. The number of rotatable bonds is 8. The van der Waals surface area contributed by atoms with E-state index < -0.39 is 0 Å². The second-order valence-corrected chi connectivity index (χ2v) is 6.55. The van der Waals surface area contributed by atoms with Gasteiger partial charge in [-0.25, -0.2) is 0 Å². The molecule has 26 heavy (non-hydrogen) atoms. The van der Waals surface area contributed by atoms with Crippen LogP contribution in [0.3, 0.4) is 0 Å². The van der Waals surface area contributed by atoms with Crippen LogP contribution in [0.25, 0.3) is 0 Å². The first-order valence-corrected chi connectivity index (χ1v) is 8.75. The van der Waals surface area contributed by atoms with Gasteiger partial charge in [0, 0.05) is 23.7 Å². The smallest absolute Gasteiger partial charge is 0.237 e. The van der Waals surface area contributed by atoms with Crippen LogP contribution in [0.4, 0.5) is 0 Å². The molecule has 0 fully saturated rings. The normalized spacial score (nSPS) is 11.9. The van der Waals surface area contributed by atoms with E-state index in [1.165, 1.54) is 0 Å². The van der Waals surface area contributed by atoms with Crippen molar-refractivity contribution in [2.24, 2.45) is 0 Å². The summed E-state index contributed by atoms with van der Waals surface area (Å²) in [6.07, 6.45) is 0. The number of ether oxygens (including phenoxy) is 2. The zero-order chi connectivity index (χ0) is 19.1. The Hall–Kier alpha value is -2.24. The summed E-state index contributed by atoms with van der Waals surface area (Å²) >= 11 is 6.08. The van der Waals surface area contributed by atoms with E-state index in [1.807, 2.05) is 55.3 Å². The van der Waals surface area contributed by atoms with E-state index in [1.54, 1.807) is 20.3 Å². The Morgan fingerprint density at radius 3 is 2.46 bits per heavy atom. The molecule has 2 aromatic rings. The fourth-order valence-corrected chi connectivity index (χ4v) is 2.75. The topological polar surface area (TPSA) is 50.8 Å². The van der Waals surface area contributed by atoms with E-state index in [4.69, 9.17) is 21.1 Å². The van der Waals surface area contributed by atoms with Crippen LogP contribution in [-0.4, -0.2) is 38.1 Å². The Morgan fingerprint density at radius 1 is 1.15 bits per heavy atom. The molecule has 0 radical (unpaired) electrons. The van der Waals surface area contributed by atoms with Crippen molar-refractivity contribution in [2.45, 2.75) is 26.1 Å². The van der Waals surface area contributed by atoms with E-state index in [9.17, 15) is 4.79 Å². The van der Waals surface area contributed by atoms with Gasteiger partial charge in [-0.05, 0) is 49.9 Å². The molecule has 0 aliphatic heterocycles. The van der Waals surface area contributed by atoms with Gasteiger partial charge >= 0.3 is 0 Å². The van der Waals surface area contributed by atoms with Gasteiger partial charge in [0.15, 0.2) is 0 Å². The fraction of sp³-hybridized carbons (Fsp3) is 0.350. The molecule has 2 rings (SSSR count). The number of nitrogens with one attached hydrogen (secondary N) is 1. The number of carbonyl (C=O) groups is 1. The van der Waals surface area contributed by atoms with Gasteiger partial charge in [-0.1, -0.05) is 23.7 Å². The van der Waals surface area contributed by atoms with Crippen molar-refractivity contribution < 1.29 is 14.3 Å². The second kappa shape index (κ2) is 9.46. The number of methoxy groups -OCH3 is 2. The fourth-order valence-electron chi connectivity index (χ4n) is 2.56. The zero-order valence-electron chi connectivity index (χ0n) is 15.6. The number of hydrogen-bond acceptors (Lipinski definition) is 4. The van der Waals surface area contributed by atoms with Crippen LogP contribution < -0.4 is 14.8 Å². The van der Waals surface area contributed by atoms with Gasteiger partial charge in [-0.2, -0.15) is 0 Å². The van der Waals surface area contributed by atoms with E-state index in [0.29, 0.717) is 18.1 Å². The lowest BCUT2D eigenvalue weighted by Gasteiger charge is -2.25. The number of hydrogen-bond donors (Lipinski definition) is 1. The minimum Gasteiger partial charge on any atom is -0.497 e. The Kier molecular flexibility index (Phi) is 7.30. The summed E-state index contributed by atoms with van der Waals surface area (Å²) in [5, 5.41) is 3.61. The van der Waals surface area contributed by atoms with Crippen LogP contribution in [0.5, 0.6) is 11.5 Å². The predicted molar refractivity (Wildman–Crippen MR) is 104 cm³/mol. The highest BCUT2D eigenvalue weighted by molar-refractivity contribution is 6.30. The summed E-state index contributed by atoms with van der Waals surface area (Å²) in [5.41, 5.74) is 1.96. The average Bonchev–Trinajstić information content (AvgIpc) is 2.66. The molecule has 0 saturated heterocycles. The van der Waals surface area contributed by atoms with E-state index in [-0.39, 0.29) is 11.9 Å². The van der Waals surface area contributed by atoms with Gasteiger partial charge in [0.1, 0.15) is 11.5 Å². The third-order valence-corrected chi connectivity index (χ3v) is 4.56. The van der Waals surface area contributed by atoms with Crippen LogP contribution in [0.2, 0.25) is 5.02 Å². The van der Waals surface area contributed by atoms with Gasteiger partial charge in [-0.3, -0.25) is 9.69 Å². The Morgan fingerprint density at radius 2 is 1.85 bits per heavy atom. The van der Waals surface area contributed by atoms with Crippen LogP contribution in [0.15, 0.2) is 42.5 Å². The molecule has 1 atom stereocenters. The first-order chi connectivity index (χ1) is 12.4. The van der Waals surface area contributed by atoms with Crippen LogP contribution in [-0.2, 0) is 17.9 Å².